The fourth-order valence-corrected chi connectivity index (χ4v) is 1.84. The summed E-state index contributed by atoms with van der Waals surface area (Å²) >= 11 is 0. The summed E-state index contributed by atoms with van der Waals surface area (Å²) in [6.45, 7) is 1.78. The zero-order chi connectivity index (χ0) is 13.2. The van der Waals surface area contributed by atoms with E-state index in [1.807, 2.05) is 24.3 Å². The third-order valence-electron chi connectivity index (χ3n) is 2.75. The molecule has 0 spiro atoms. The lowest BCUT2D eigenvalue weighted by Gasteiger charge is -2.02. The van der Waals surface area contributed by atoms with Gasteiger partial charge < -0.3 is 9.51 Å². The summed E-state index contributed by atoms with van der Waals surface area (Å²) in [5.74, 6) is 1.09. The Labute approximate surface area is 108 Å². The molecule has 2 aromatic heterocycles. The minimum atomic E-state index is -0.118. The summed E-state index contributed by atoms with van der Waals surface area (Å²) in [5.41, 5.74) is 2.64. The Hall–Kier alpha value is -2.69. The highest BCUT2D eigenvalue weighted by Crippen LogP contribution is 2.24. The monoisotopic (exact) mass is 253 g/mol. The predicted octanol–water partition coefficient (Wildman–Crippen LogP) is 2.40. The van der Waals surface area contributed by atoms with Gasteiger partial charge >= 0.3 is 0 Å². The van der Waals surface area contributed by atoms with E-state index in [1.165, 1.54) is 6.07 Å². The van der Waals surface area contributed by atoms with Crippen LogP contribution in [0.2, 0.25) is 0 Å². The second-order valence-electron chi connectivity index (χ2n) is 4.17. The lowest BCUT2D eigenvalue weighted by Crippen LogP contribution is -2.01. The van der Waals surface area contributed by atoms with E-state index in [2.05, 4.69) is 15.1 Å². The van der Waals surface area contributed by atoms with Crippen LogP contribution in [0, 0.1) is 6.92 Å². The number of benzene rings is 1. The molecule has 3 rings (SSSR count). The maximum Gasteiger partial charge on any atom is 0.257 e. The molecule has 0 bridgehead atoms. The molecule has 5 heteroatoms. The molecule has 1 aromatic carbocycles. The Kier molecular flexibility index (Phi) is 2.72. The van der Waals surface area contributed by atoms with Gasteiger partial charge in [-0.05, 0) is 36.2 Å². The third kappa shape index (κ3) is 2.30. The van der Waals surface area contributed by atoms with Gasteiger partial charge in [0.15, 0.2) is 5.82 Å². The van der Waals surface area contributed by atoms with Gasteiger partial charge in [-0.1, -0.05) is 17.3 Å². The number of aromatic amines is 1. The molecule has 0 saturated carbocycles. The molecule has 1 N–H and O–H groups in total. The third-order valence-corrected chi connectivity index (χ3v) is 2.75. The lowest BCUT2D eigenvalue weighted by atomic mass is 10.0. The van der Waals surface area contributed by atoms with Crippen LogP contribution in [0.1, 0.15) is 5.82 Å². The van der Waals surface area contributed by atoms with Crippen LogP contribution in [0.15, 0.2) is 51.9 Å². The van der Waals surface area contributed by atoms with Crippen LogP contribution in [0.25, 0.3) is 22.6 Å². The number of nitrogens with one attached hydrogen (secondary N) is 1. The van der Waals surface area contributed by atoms with Crippen molar-refractivity contribution in [3.8, 4) is 22.6 Å². The molecule has 0 saturated heterocycles. The van der Waals surface area contributed by atoms with Crippen LogP contribution in [0.5, 0.6) is 0 Å². The largest absolute Gasteiger partial charge is 0.334 e. The first-order valence-electron chi connectivity index (χ1n) is 5.82. The molecule has 0 aliphatic carbocycles. The van der Waals surface area contributed by atoms with Crippen molar-refractivity contribution in [3.05, 3.63) is 58.8 Å². The van der Waals surface area contributed by atoms with Crippen molar-refractivity contribution in [1.29, 1.82) is 0 Å². The molecule has 0 aliphatic rings. The van der Waals surface area contributed by atoms with E-state index < -0.39 is 0 Å². The van der Waals surface area contributed by atoms with Gasteiger partial charge in [-0.25, -0.2) is 0 Å². The molecule has 5 nitrogen and oxygen atoms in total. The Balaban J connectivity index is 2.04. The molecule has 19 heavy (non-hydrogen) atoms. The highest BCUT2D eigenvalue weighted by molar-refractivity contribution is 5.68. The van der Waals surface area contributed by atoms with Gasteiger partial charge in [-0.2, -0.15) is 4.98 Å². The zero-order valence-corrected chi connectivity index (χ0v) is 10.3. The highest BCUT2D eigenvalue weighted by Gasteiger charge is 2.07. The number of pyridine rings is 1. The van der Waals surface area contributed by atoms with Gasteiger partial charge in [0, 0.05) is 17.8 Å². The average Bonchev–Trinajstić information content (AvgIpc) is 2.86. The van der Waals surface area contributed by atoms with Crippen molar-refractivity contribution in [3.63, 3.8) is 0 Å². The molecule has 3 aromatic rings. The van der Waals surface area contributed by atoms with Crippen LogP contribution < -0.4 is 5.56 Å². The fraction of sp³-hybridized carbons (Fsp3) is 0.0714. The van der Waals surface area contributed by atoms with E-state index in [4.69, 9.17) is 4.52 Å². The predicted molar refractivity (Wildman–Crippen MR) is 70.5 cm³/mol. The van der Waals surface area contributed by atoms with E-state index in [1.54, 1.807) is 19.2 Å². The Morgan fingerprint density at radius 2 is 1.95 bits per heavy atom. The van der Waals surface area contributed by atoms with E-state index in [-0.39, 0.29) is 5.56 Å². The summed E-state index contributed by atoms with van der Waals surface area (Å²) in [5, 5.41) is 3.77. The SMILES string of the molecule is Cc1noc(-c2cccc(-c3ccc(=O)[nH]c3)c2)n1. The highest BCUT2D eigenvalue weighted by atomic mass is 16.5. The summed E-state index contributed by atoms with van der Waals surface area (Å²) in [7, 11) is 0. The number of rotatable bonds is 2. The molecular weight excluding hydrogens is 242 g/mol. The van der Waals surface area contributed by atoms with E-state index in [9.17, 15) is 4.79 Å². The van der Waals surface area contributed by atoms with Gasteiger partial charge in [0.25, 0.3) is 5.89 Å². The minimum absolute atomic E-state index is 0.118. The van der Waals surface area contributed by atoms with Gasteiger partial charge in [0.1, 0.15) is 0 Å². The van der Waals surface area contributed by atoms with Gasteiger partial charge in [0.2, 0.25) is 5.56 Å². The van der Waals surface area contributed by atoms with Crippen molar-refractivity contribution >= 4 is 0 Å². The summed E-state index contributed by atoms with van der Waals surface area (Å²) in [6, 6.07) is 11.0. The van der Waals surface area contributed by atoms with Crippen LogP contribution in [-0.2, 0) is 0 Å². The molecule has 0 fully saturated rings. The van der Waals surface area contributed by atoms with Gasteiger partial charge in [0.05, 0.1) is 0 Å². The van der Waals surface area contributed by atoms with Crippen molar-refractivity contribution in [2.45, 2.75) is 6.92 Å². The summed E-state index contributed by atoms with van der Waals surface area (Å²) in [6.07, 6.45) is 1.68. The first kappa shape index (κ1) is 11.4. The van der Waals surface area contributed by atoms with E-state index >= 15 is 0 Å². The topological polar surface area (TPSA) is 71.8 Å². The number of H-pyrrole nitrogens is 1. The normalized spacial score (nSPS) is 10.6. The molecule has 94 valence electrons. The van der Waals surface area contributed by atoms with Crippen LogP contribution in [0.3, 0.4) is 0 Å². The maximum atomic E-state index is 11.1. The molecule has 2 heterocycles. The average molecular weight is 253 g/mol. The molecule has 0 aliphatic heterocycles. The van der Waals surface area contributed by atoms with Crippen LogP contribution >= 0.6 is 0 Å². The zero-order valence-electron chi connectivity index (χ0n) is 10.3. The first-order valence-corrected chi connectivity index (χ1v) is 5.82. The van der Waals surface area contributed by atoms with Gasteiger partial charge in [-0.15, -0.1) is 0 Å². The van der Waals surface area contributed by atoms with Crippen molar-refractivity contribution in [2.75, 3.05) is 0 Å². The molecule has 0 radical (unpaired) electrons. The molecular formula is C14H11N3O2. The number of nitrogens with zero attached hydrogens (tertiary/aromatic N) is 2. The quantitative estimate of drug-likeness (QED) is 0.761. The van der Waals surface area contributed by atoms with Crippen molar-refractivity contribution < 1.29 is 4.52 Å². The van der Waals surface area contributed by atoms with Crippen LogP contribution in [0.4, 0.5) is 0 Å². The number of hydrogen-bond acceptors (Lipinski definition) is 4. The van der Waals surface area contributed by atoms with Crippen molar-refractivity contribution in [1.82, 2.24) is 15.1 Å². The van der Waals surface area contributed by atoms with Gasteiger partial charge in [-0.3, -0.25) is 4.79 Å². The Morgan fingerprint density at radius 3 is 2.63 bits per heavy atom. The first-order chi connectivity index (χ1) is 9.22. The molecule has 0 atom stereocenters. The standard InChI is InChI=1S/C14H11N3O2/c1-9-16-14(19-17-9)11-4-2-3-10(7-11)12-5-6-13(18)15-8-12/h2-8H,1H3,(H,15,18). The molecule has 0 amide bonds. The number of hydrogen-bond donors (Lipinski definition) is 1. The van der Waals surface area contributed by atoms with Crippen molar-refractivity contribution in [2.24, 2.45) is 0 Å². The minimum Gasteiger partial charge on any atom is -0.334 e. The second-order valence-corrected chi connectivity index (χ2v) is 4.17. The fourth-order valence-electron chi connectivity index (χ4n) is 1.84. The number of aryl methyl sites for hydroxylation is 1. The lowest BCUT2D eigenvalue weighted by molar-refractivity contribution is 0.425. The number of aromatic nitrogens is 3. The maximum absolute atomic E-state index is 11.1. The Bertz CT molecular complexity index is 754. The smallest absolute Gasteiger partial charge is 0.257 e. The second kappa shape index (κ2) is 4.53. The van der Waals surface area contributed by atoms with E-state index in [0.717, 1.165) is 16.7 Å². The summed E-state index contributed by atoms with van der Waals surface area (Å²) in [4.78, 5) is 17.9. The molecule has 0 unspecified atom stereocenters. The van der Waals surface area contributed by atoms with E-state index in [0.29, 0.717) is 11.7 Å². The van der Waals surface area contributed by atoms with Crippen LogP contribution in [-0.4, -0.2) is 15.1 Å². The Morgan fingerprint density at radius 1 is 1.11 bits per heavy atom. The summed E-state index contributed by atoms with van der Waals surface area (Å²) < 4.78 is 5.14.